The molecule has 0 radical (unpaired) electrons. The van der Waals surface area contributed by atoms with Crippen LogP contribution < -0.4 is 5.73 Å². The van der Waals surface area contributed by atoms with Crippen LogP contribution >= 0.6 is 11.6 Å². The van der Waals surface area contributed by atoms with Crippen LogP contribution in [0.1, 0.15) is 11.7 Å². The molecule has 1 unspecified atom stereocenters. The zero-order valence-electron chi connectivity index (χ0n) is 12.7. The van der Waals surface area contributed by atoms with E-state index in [4.69, 9.17) is 23.9 Å². The Morgan fingerprint density at radius 2 is 1.83 bits per heavy atom. The van der Waals surface area contributed by atoms with Crippen molar-refractivity contribution in [3.63, 3.8) is 0 Å². The third-order valence-electron chi connectivity index (χ3n) is 3.73. The van der Waals surface area contributed by atoms with Gasteiger partial charge in [-0.2, -0.15) is 5.10 Å². The molecule has 3 N–H and O–H groups in total. The number of anilines is 1. The predicted octanol–water partition coefficient (Wildman–Crippen LogP) is 4.07. The van der Waals surface area contributed by atoms with E-state index in [0.717, 1.165) is 11.1 Å². The van der Waals surface area contributed by atoms with Crippen molar-refractivity contribution in [2.75, 3.05) is 5.73 Å². The standard InChI is InChI=1S/C18H15ClN4O/c1-21-17-16(13-7-9-14(19)10-8-13)22-23(18(17)20)11-15(24)12-5-3-2-4-6-12/h2-10,15,24H,11,20H2. The maximum Gasteiger partial charge on any atom is 0.254 e. The Bertz CT molecular complexity index is 882. The monoisotopic (exact) mass is 338 g/mol. The minimum atomic E-state index is -0.759. The molecule has 1 aromatic heterocycles. The van der Waals surface area contributed by atoms with Crippen LogP contribution in [0.2, 0.25) is 5.02 Å². The van der Waals surface area contributed by atoms with Crippen LogP contribution in [0.15, 0.2) is 54.6 Å². The van der Waals surface area contributed by atoms with Gasteiger partial charge in [0.2, 0.25) is 0 Å². The quantitative estimate of drug-likeness (QED) is 0.704. The summed E-state index contributed by atoms with van der Waals surface area (Å²) < 4.78 is 1.47. The third kappa shape index (κ3) is 3.11. The van der Waals surface area contributed by atoms with E-state index in [-0.39, 0.29) is 18.1 Å². The molecule has 5 nitrogen and oxygen atoms in total. The lowest BCUT2D eigenvalue weighted by molar-refractivity contribution is 0.152. The van der Waals surface area contributed by atoms with Gasteiger partial charge in [-0.25, -0.2) is 4.85 Å². The highest BCUT2D eigenvalue weighted by atomic mass is 35.5. The van der Waals surface area contributed by atoms with Crippen LogP contribution in [0.25, 0.3) is 16.1 Å². The molecule has 0 aliphatic heterocycles. The van der Waals surface area contributed by atoms with Crippen LogP contribution in [0.4, 0.5) is 11.5 Å². The summed E-state index contributed by atoms with van der Waals surface area (Å²) in [4.78, 5) is 3.50. The first-order valence-electron chi connectivity index (χ1n) is 7.33. The van der Waals surface area contributed by atoms with E-state index in [0.29, 0.717) is 10.7 Å². The molecule has 0 saturated carbocycles. The smallest absolute Gasteiger partial charge is 0.254 e. The molecule has 0 amide bonds. The van der Waals surface area contributed by atoms with Gasteiger partial charge in [-0.1, -0.05) is 54.1 Å². The fraction of sp³-hybridized carbons (Fsp3) is 0.111. The van der Waals surface area contributed by atoms with Gasteiger partial charge in [0, 0.05) is 5.02 Å². The second-order valence-corrected chi connectivity index (χ2v) is 5.75. The highest BCUT2D eigenvalue weighted by Gasteiger charge is 2.19. The van der Waals surface area contributed by atoms with Crippen LogP contribution in [0, 0.1) is 6.57 Å². The summed E-state index contributed by atoms with van der Waals surface area (Å²) in [7, 11) is 0. The number of halogens is 1. The van der Waals surface area contributed by atoms with Gasteiger partial charge in [0.15, 0.2) is 0 Å². The predicted molar refractivity (Wildman–Crippen MR) is 94.7 cm³/mol. The number of nitrogen functional groups attached to an aromatic ring is 1. The molecule has 3 aromatic rings. The van der Waals surface area contributed by atoms with Crippen molar-refractivity contribution >= 4 is 23.1 Å². The summed E-state index contributed by atoms with van der Waals surface area (Å²) in [5.74, 6) is 0.241. The Balaban J connectivity index is 1.95. The van der Waals surface area contributed by atoms with Gasteiger partial charge in [-0.05, 0) is 23.3 Å². The SMILES string of the molecule is [C-]#[N+]c1c(-c2ccc(Cl)cc2)nn(CC(O)c2ccccc2)c1N. The molecule has 3 rings (SSSR count). The zero-order valence-corrected chi connectivity index (χ0v) is 13.5. The Hall–Kier alpha value is -2.81. The summed E-state index contributed by atoms with van der Waals surface area (Å²) in [6.07, 6.45) is -0.759. The van der Waals surface area contributed by atoms with Gasteiger partial charge in [0.05, 0.1) is 19.2 Å². The maximum absolute atomic E-state index is 10.4. The number of hydrogen-bond acceptors (Lipinski definition) is 3. The molecule has 0 bridgehead atoms. The summed E-state index contributed by atoms with van der Waals surface area (Å²) in [5.41, 5.74) is 8.34. The van der Waals surface area contributed by atoms with Gasteiger partial charge < -0.3 is 10.8 Å². The van der Waals surface area contributed by atoms with Crippen molar-refractivity contribution in [2.24, 2.45) is 0 Å². The molecule has 0 saturated heterocycles. The lowest BCUT2D eigenvalue weighted by atomic mass is 10.1. The molecule has 1 atom stereocenters. The maximum atomic E-state index is 10.4. The number of aliphatic hydroxyl groups is 1. The number of rotatable bonds is 4. The van der Waals surface area contributed by atoms with E-state index in [1.54, 1.807) is 24.3 Å². The molecule has 0 aliphatic carbocycles. The summed E-state index contributed by atoms with van der Waals surface area (Å²) in [6, 6.07) is 16.3. The molecular formula is C18H15ClN4O. The molecule has 24 heavy (non-hydrogen) atoms. The molecule has 120 valence electrons. The van der Waals surface area contributed by atoms with Gasteiger partial charge >= 0.3 is 0 Å². The van der Waals surface area contributed by atoms with E-state index in [2.05, 4.69) is 9.94 Å². The number of hydrogen-bond donors (Lipinski definition) is 2. The molecule has 0 fully saturated rings. The fourth-order valence-electron chi connectivity index (χ4n) is 2.46. The Morgan fingerprint density at radius 1 is 1.17 bits per heavy atom. The first-order valence-corrected chi connectivity index (χ1v) is 7.70. The van der Waals surface area contributed by atoms with Gasteiger partial charge in [-0.15, -0.1) is 0 Å². The Labute approximate surface area is 144 Å². The van der Waals surface area contributed by atoms with Gasteiger partial charge in [0.1, 0.15) is 11.5 Å². The van der Waals surface area contributed by atoms with E-state index in [9.17, 15) is 5.11 Å². The fourth-order valence-corrected chi connectivity index (χ4v) is 2.59. The van der Waals surface area contributed by atoms with E-state index >= 15 is 0 Å². The van der Waals surface area contributed by atoms with E-state index in [1.165, 1.54) is 4.68 Å². The molecule has 0 aliphatic rings. The summed E-state index contributed by atoms with van der Waals surface area (Å²) >= 11 is 5.90. The van der Waals surface area contributed by atoms with Crippen LogP contribution in [0.3, 0.4) is 0 Å². The Kier molecular flexibility index (Phi) is 4.52. The third-order valence-corrected chi connectivity index (χ3v) is 3.98. The number of nitrogens with two attached hydrogens (primary N) is 1. The Morgan fingerprint density at radius 3 is 2.46 bits per heavy atom. The van der Waals surface area contributed by atoms with Crippen molar-refractivity contribution in [2.45, 2.75) is 12.6 Å². The lowest BCUT2D eigenvalue weighted by Crippen LogP contribution is -2.12. The highest BCUT2D eigenvalue weighted by Crippen LogP contribution is 2.36. The second kappa shape index (κ2) is 6.75. The van der Waals surface area contributed by atoms with Crippen LogP contribution in [-0.2, 0) is 6.54 Å². The first-order chi connectivity index (χ1) is 11.6. The minimum absolute atomic E-state index is 0.173. The lowest BCUT2D eigenvalue weighted by Gasteiger charge is -2.12. The van der Waals surface area contributed by atoms with Crippen molar-refractivity contribution in [3.8, 4) is 11.3 Å². The van der Waals surface area contributed by atoms with E-state index in [1.807, 2.05) is 30.3 Å². The normalized spacial score (nSPS) is 11.9. The number of benzene rings is 2. The average molecular weight is 339 g/mol. The van der Waals surface area contributed by atoms with Crippen LogP contribution in [-0.4, -0.2) is 14.9 Å². The molecule has 2 aromatic carbocycles. The van der Waals surface area contributed by atoms with Crippen molar-refractivity contribution < 1.29 is 5.11 Å². The molecule has 0 spiro atoms. The summed E-state index contributed by atoms with van der Waals surface area (Å²) in [5, 5.41) is 15.4. The van der Waals surface area contributed by atoms with Crippen molar-refractivity contribution in [3.05, 3.63) is 76.6 Å². The van der Waals surface area contributed by atoms with Crippen LogP contribution in [0.5, 0.6) is 0 Å². The van der Waals surface area contributed by atoms with Gasteiger partial charge in [-0.3, -0.25) is 4.68 Å². The van der Waals surface area contributed by atoms with Crippen molar-refractivity contribution in [1.29, 1.82) is 0 Å². The number of nitrogens with zero attached hydrogens (tertiary/aromatic N) is 3. The minimum Gasteiger partial charge on any atom is -0.393 e. The average Bonchev–Trinajstić information content (AvgIpc) is 2.92. The van der Waals surface area contributed by atoms with Crippen molar-refractivity contribution in [1.82, 2.24) is 9.78 Å². The first kappa shape index (κ1) is 16.1. The molecule has 1 heterocycles. The topological polar surface area (TPSA) is 68.4 Å². The zero-order chi connectivity index (χ0) is 17.1. The summed E-state index contributed by atoms with van der Waals surface area (Å²) in [6.45, 7) is 7.55. The number of aliphatic hydroxyl groups excluding tert-OH is 1. The second-order valence-electron chi connectivity index (χ2n) is 5.31. The largest absolute Gasteiger partial charge is 0.393 e. The van der Waals surface area contributed by atoms with Gasteiger partial charge in [0.25, 0.3) is 5.69 Å². The molecular weight excluding hydrogens is 324 g/mol. The highest BCUT2D eigenvalue weighted by molar-refractivity contribution is 6.30. The van der Waals surface area contributed by atoms with E-state index < -0.39 is 6.10 Å². The molecule has 6 heteroatoms. The number of aromatic nitrogens is 2.